The summed E-state index contributed by atoms with van der Waals surface area (Å²) in [5.74, 6) is 1.13. The van der Waals surface area contributed by atoms with Gasteiger partial charge < -0.3 is 15.4 Å². The van der Waals surface area contributed by atoms with Gasteiger partial charge in [0.2, 0.25) is 5.91 Å². The van der Waals surface area contributed by atoms with Crippen LogP contribution in [-0.2, 0) is 9.53 Å². The van der Waals surface area contributed by atoms with Crippen molar-refractivity contribution in [1.29, 1.82) is 0 Å². The van der Waals surface area contributed by atoms with Crippen molar-refractivity contribution >= 4 is 5.91 Å². The zero-order valence-corrected chi connectivity index (χ0v) is 11.5. The fraction of sp³-hybridized carbons (Fsp3) is 0.923. The second-order valence-electron chi connectivity index (χ2n) is 5.38. The molecule has 0 aliphatic carbocycles. The number of likely N-dealkylation sites (N-methyl/N-ethyl adjacent to an activating group) is 1. The summed E-state index contributed by atoms with van der Waals surface area (Å²) < 4.78 is 5.39. The summed E-state index contributed by atoms with van der Waals surface area (Å²) in [4.78, 5) is 11.8. The van der Waals surface area contributed by atoms with Gasteiger partial charge in [-0.25, -0.2) is 0 Å². The molecule has 0 spiro atoms. The van der Waals surface area contributed by atoms with Gasteiger partial charge in [-0.1, -0.05) is 13.8 Å². The van der Waals surface area contributed by atoms with Crippen molar-refractivity contribution in [3.05, 3.63) is 0 Å². The van der Waals surface area contributed by atoms with Gasteiger partial charge in [-0.05, 0) is 31.6 Å². The van der Waals surface area contributed by atoms with E-state index in [1.807, 2.05) is 0 Å². The molecule has 2 N–H and O–H groups in total. The summed E-state index contributed by atoms with van der Waals surface area (Å²) >= 11 is 0. The molecule has 4 nitrogen and oxygen atoms in total. The van der Waals surface area contributed by atoms with Crippen LogP contribution in [0.2, 0.25) is 0 Å². The maximum atomic E-state index is 11.8. The van der Waals surface area contributed by atoms with Crippen molar-refractivity contribution < 1.29 is 9.53 Å². The Labute approximate surface area is 104 Å². The van der Waals surface area contributed by atoms with E-state index in [1.54, 1.807) is 7.05 Å². The van der Waals surface area contributed by atoms with Crippen LogP contribution in [0, 0.1) is 11.8 Å². The first-order valence-electron chi connectivity index (χ1n) is 6.60. The van der Waals surface area contributed by atoms with Crippen LogP contribution < -0.4 is 10.6 Å². The summed E-state index contributed by atoms with van der Waals surface area (Å²) in [7, 11) is 1.70. The molecule has 0 aromatic heterocycles. The number of carbonyl (C=O) groups is 1. The molecule has 4 heteroatoms. The number of hydrogen-bond donors (Lipinski definition) is 2. The fourth-order valence-corrected chi connectivity index (χ4v) is 2.30. The van der Waals surface area contributed by atoms with Crippen LogP contribution in [0.1, 0.15) is 33.6 Å². The molecule has 0 saturated carbocycles. The van der Waals surface area contributed by atoms with Crippen molar-refractivity contribution in [3.8, 4) is 0 Å². The highest BCUT2D eigenvalue weighted by Crippen LogP contribution is 2.17. The van der Waals surface area contributed by atoms with Crippen LogP contribution in [0.15, 0.2) is 0 Å². The molecule has 1 heterocycles. The van der Waals surface area contributed by atoms with Gasteiger partial charge in [0, 0.05) is 19.7 Å². The molecule has 1 saturated heterocycles. The first kappa shape index (κ1) is 14.5. The van der Waals surface area contributed by atoms with E-state index in [0.29, 0.717) is 17.9 Å². The summed E-state index contributed by atoms with van der Waals surface area (Å²) in [5.41, 5.74) is 0. The summed E-state index contributed by atoms with van der Waals surface area (Å²) in [6.45, 7) is 8.10. The average Bonchev–Trinajstić information content (AvgIpc) is 2.79. The van der Waals surface area contributed by atoms with Crippen LogP contribution in [-0.4, -0.2) is 38.3 Å². The monoisotopic (exact) mass is 242 g/mol. The fourth-order valence-electron chi connectivity index (χ4n) is 2.30. The highest BCUT2D eigenvalue weighted by molar-refractivity contribution is 5.81. The molecule has 3 atom stereocenters. The molecular formula is C13H26N2O2. The Morgan fingerprint density at radius 3 is 2.59 bits per heavy atom. The van der Waals surface area contributed by atoms with Crippen LogP contribution >= 0.6 is 0 Å². The van der Waals surface area contributed by atoms with Crippen LogP contribution in [0.3, 0.4) is 0 Å². The SMILES string of the molecule is CNC(=O)C(CC(C)C)NC(C)C1CCOC1. The number of ether oxygens (including phenoxy) is 1. The molecule has 0 radical (unpaired) electrons. The zero-order valence-electron chi connectivity index (χ0n) is 11.5. The minimum Gasteiger partial charge on any atom is -0.381 e. The van der Waals surface area contributed by atoms with Gasteiger partial charge in [0.1, 0.15) is 0 Å². The Bertz CT molecular complexity index is 238. The highest BCUT2D eigenvalue weighted by Gasteiger charge is 2.27. The van der Waals surface area contributed by atoms with E-state index in [1.165, 1.54) is 0 Å². The van der Waals surface area contributed by atoms with Gasteiger partial charge in [0.25, 0.3) is 0 Å². The Morgan fingerprint density at radius 1 is 1.41 bits per heavy atom. The number of amides is 1. The van der Waals surface area contributed by atoms with Gasteiger partial charge in [-0.15, -0.1) is 0 Å². The Balaban J connectivity index is 2.48. The molecule has 1 aliphatic rings. The lowest BCUT2D eigenvalue weighted by Crippen LogP contribution is -2.49. The second-order valence-corrected chi connectivity index (χ2v) is 5.38. The number of hydrogen-bond acceptors (Lipinski definition) is 3. The maximum Gasteiger partial charge on any atom is 0.236 e. The van der Waals surface area contributed by atoms with Crippen molar-refractivity contribution in [2.24, 2.45) is 11.8 Å². The van der Waals surface area contributed by atoms with Crippen molar-refractivity contribution in [2.45, 2.75) is 45.7 Å². The van der Waals surface area contributed by atoms with Crippen LogP contribution in [0.25, 0.3) is 0 Å². The van der Waals surface area contributed by atoms with Gasteiger partial charge >= 0.3 is 0 Å². The van der Waals surface area contributed by atoms with E-state index in [-0.39, 0.29) is 11.9 Å². The maximum absolute atomic E-state index is 11.8. The summed E-state index contributed by atoms with van der Waals surface area (Å²) in [5, 5.41) is 6.18. The smallest absolute Gasteiger partial charge is 0.236 e. The highest BCUT2D eigenvalue weighted by atomic mass is 16.5. The minimum absolute atomic E-state index is 0.0874. The molecular weight excluding hydrogens is 216 g/mol. The van der Waals surface area contributed by atoms with E-state index < -0.39 is 0 Å². The molecule has 0 aromatic carbocycles. The lowest BCUT2D eigenvalue weighted by molar-refractivity contribution is -0.123. The molecule has 1 aliphatic heterocycles. The molecule has 1 rings (SSSR count). The predicted octanol–water partition coefficient (Wildman–Crippen LogP) is 1.16. The molecule has 1 amide bonds. The quantitative estimate of drug-likeness (QED) is 0.735. The van der Waals surface area contributed by atoms with Crippen molar-refractivity contribution in [2.75, 3.05) is 20.3 Å². The predicted molar refractivity (Wildman–Crippen MR) is 68.8 cm³/mol. The third kappa shape index (κ3) is 4.64. The first-order valence-corrected chi connectivity index (χ1v) is 6.60. The molecule has 100 valence electrons. The van der Waals surface area contributed by atoms with E-state index in [4.69, 9.17) is 4.74 Å². The van der Waals surface area contributed by atoms with Crippen LogP contribution in [0.5, 0.6) is 0 Å². The summed E-state index contributed by atoms with van der Waals surface area (Å²) in [6, 6.07) is 0.245. The van der Waals surface area contributed by atoms with Crippen molar-refractivity contribution in [3.63, 3.8) is 0 Å². The minimum atomic E-state index is -0.0874. The van der Waals surface area contributed by atoms with Gasteiger partial charge in [-0.2, -0.15) is 0 Å². The van der Waals surface area contributed by atoms with Gasteiger partial charge in [-0.3, -0.25) is 4.79 Å². The lowest BCUT2D eigenvalue weighted by atomic mass is 9.97. The Hall–Kier alpha value is -0.610. The average molecular weight is 242 g/mol. The Kier molecular flexibility index (Phi) is 5.92. The summed E-state index contributed by atoms with van der Waals surface area (Å²) in [6.07, 6.45) is 1.97. The third-order valence-corrected chi connectivity index (χ3v) is 3.41. The molecule has 17 heavy (non-hydrogen) atoms. The largest absolute Gasteiger partial charge is 0.381 e. The zero-order chi connectivity index (χ0) is 12.8. The van der Waals surface area contributed by atoms with E-state index >= 15 is 0 Å². The first-order chi connectivity index (χ1) is 8.04. The standard InChI is InChI=1S/C13H26N2O2/c1-9(2)7-12(13(16)14-4)15-10(3)11-5-6-17-8-11/h9-12,15H,5-8H2,1-4H3,(H,14,16). The number of rotatable bonds is 6. The molecule has 0 aromatic rings. The van der Waals surface area contributed by atoms with E-state index in [9.17, 15) is 4.79 Å². The number of carbonyl (C=O) groups excluding carboxylic acids is 1. The molecule has 0 bridgehead atoms. The van der Waals surface area contributed by atoms with Crippen molar-refractivity contribution in [1.82, 2.24) is 10.6 Å². The second kappa shape index (κ2) is 6.97. The topological polar surface area (TPSA) is 50.4 Å². The number of nitrogens with one attached hydrogen (secondary N) is 2. The normalized spacial score (nSPS) is 23.7. The lowest BCUT2D eigenvalue weighted by Gasteiger charge is -2.26. The Morgan fingerprint density at radius 2 is 2.12 bits per heavy atom. The van der Waals surface area contributed by atoms with E-state index in [0.717, 1.165) is 26.1 Å². The molecule has 3 unspecified atom stereocenters. The van der Waals surface area contributed by atoms with Gasteiger partial charge in [0.15, 0.2) is 0 Å². The van der Waals surface area contributed by atoms with Crippen LogP contribution in [0.4, 0.5) is 0 Å². The third-order valence-electron chi connectivity index (χ3n) is 3.41. The van der Waals surface area contributed by atoms with Gasteiger partial charge in [0.05, 0.1) is 12.6 Å². The molecule has 1 fully saturated rings. The van der Waals surface area contributed by atoms with E-state index in [2.05, 4.69) is 31.4 Å².